The van der Waals surface area contributed by atoms with Crippen molar-refractivity contribution in [1.29, 1.82) is 0 Å². The van der Waals surface area contributed by atoms with E-state index < -0.39 is 5.54 Å². The first-order chi connectivity index (χ1) is 10.0. The van der Waals surface area contributed by atoms with E-state index in [-0.39, 0.29) is 5.82 Å². The van der Waals surface area contributed by atoms with Gasteiger partial charge in [0, 0.05) is 0 Å². The van der Waals surface area contributed by atoms with E-state index in [2.05, 4.69) is 4.99 Å². The third-order valence-electron chi connectivity index (χ3n) is 3.83. The molecule has 108 valence electrons. The molecule has 1 atom stereocenters. The molecule has 1 unspecified atom stereocenters. The summed E-state index contributed by atoms with van der Waals surface area (Å²) in [5.41, 5.74) is 7.32. The number of aliphatic imine (C=N–C) groups is 1. The smallest absolute Gasteiger partial charge is 0.196 e. The molecule has 0 radical (unpaired) electrons. The zero-order valence-electron chi connectivity index (χ0n) is 11.6. The van der Waals surface area contributed by atoms with Gasteiger partial charge in [0.05, 0.1) is 22.8 Å². The highest BCUT2D eigenvalue weighted by atomic mass is 35.5. The number of guanidine groups is 1. The molecule has 0 amide bonds. The first kappa shape index (κ1) is 13.9. The molecule has 5 heteroatoms. The summed E-state index contributed by atoms with van der Waals surface area (Å²) < 4.78 is 13.2. The van der Waals surface area contributed by atoms with Gasteiger partial charge in [-0.1, -0.05) is 35.9 Å². The van der Waals surface area contributed by atoms with Crippen LogP contribution in [0.15, 0.2) is 53.5 Å². The van der Waals surface area contributed by atoms with Crippen molar-refractivity contribution >= 4 is 23.2 Å². The van der Waals surface area contributed by atoms with Gasteiger partial charge in [0.25, 0.3) is 0 Å². The summed E-state index contributed by atoms with van der Waals surface area (Å²) in [6, 6.07) is 13.9. The molecule has 2 aromatic carbocycles. The summed E-state index contributed by atoms with van der Waals surface area (Å²) >= 11 is 6.30. The number of halogens is 2. The molecule has 0 spiro atoms. The van der Waals surface area contributed by atoms with Crippen LogP contribution in [0.3, 0.4) is 0 Å². The number of nitrogens with two attached hydrogens (primary N) is 1. The van der Waals surface area contributed by atoms with Gasteiger partial charge in [-0.2, -0.15) is 0 Å². The standard InChI is InChI=1S/C16H15ClFN3/c1-16(11-6-8-12(18)9-7-11)10-20-15(19)21(16)14-5-3-2-4-13(14)17/h2-9H,10H2,1H3,(H2,19,20). The zero-order chi connectivity index (χ0) is 15.0. The Hall–Kier alpha value is -2.07. The monoisotopic (exact) mass is 303 g/mol. The fraction of sp³-hybridized carbons (Fsp3) is 0.188. The van der Waals surface area contributed by atoms with Gasteiger partial charge in [0.15, 0.2) is 5.96 Å². The Kier molecular flexibility index (Phi) is 3.33. The second-order valence-electron chi connectivity index (χ2n) is 5.24. The summed E-state index contributed by atoms with van der Waals surface area (Å²) in [5.74, 6) is 0.147. The second kappa shape index (κ2) is 5.04. The molecular weight excluding hydrogens is 289 g/mol. The van der Waals surface area contributed by atoms with Crippen molar-refractivity contribution in [3.05, 3.63) is 64.9 Å². The minimum Gasteiger partial charge on any atom is -0.369 e. The van der Waals surface area contributed by atoms with E-state index in [1.165, 1.54) is 12.1 Å². The second-order valence-corrected chi connectivity index (χ2v) is 5.65. The van der Waals surface area contributed by atoms with Crippen LogP contribution in [0, 0.1) is 5.82 Å². The quantitative estimate of drug-likeness (QED) is 0.922. The molecule has 0 fully saturated rings. The highest BCUT2D eigenvalue weighted by Gasteiger charge is 2.41. The number of para-hydroxylation sites is 1. The lowest BCUT2D eigenvalue weighted by Crippen LogP contribution is -2.47. The fourth-order valence-corrected chi connectivity index (χ4v) is 2.90. The van der Waals surface area contributed by atoms with Crippen LogP contribution < -0.4 is 10.6 Å². The van der Waals surface area contributed by atoms with Crippen LogP contribution in [0.25, 0.3) is 0 Å². The number of benzene rings is 2. The molecule has 0 aromatic heterocycles. The molecule has 3 nitrogen and oxygen atoms in total. The largest absolute Gasteiger partial charge is 0.369 e. The number of hydrogen-bond acceptors (Lipinski definition) is 3. The minimum absolute atomic E-state index is 0.265. The van der Waals surface area contributed by atoms with Gasteiger partial charge in [-0.3, -0.25) is 9.89 Å². The zero-order valence-corrected chi connectivity index (χ0v) is 12.3. The van der Waals surface area contributed by atoms with Gasteiger partial charge in [0.1, 0.15) is 5.82 Å². The lowest BCUT2D eigenvalue weighted by Gasteiger charge is -2.37. The molecule has 0 bridgehead atoms. The molecule has 21 heavy (non-hydrogen) atoms. The maximum Gasteiger partial charge on any atom is 0.196 e. The van der Waals surface area contributed by atoms with E-state index in [1.807, 2.05) is 36.1 Å². The highest BCUT2D eigenvalue weighted by Crippen LogP contribution is 2.39. The van der Waals surface area contributed by atoms with Gasteiger partial charge in [-0.05, 0) is 36.8 Å². The van der Waals surface area contributed by atoms with Crippen LogP contribution in [0.5, 0.6) is 0 Å². The number of anilines is 1. The molecule has 0 aliphatic carbocycles. The van der Waals surface area contributed by atoms with Crippen LogP contribution in [0.1, 0.15) is 12.5 Å². The van der Waals surface area contributed by atoms with E-state index in [0.29, 0.717) is 17.5 Å². The molecule has 1 aliphatic heterocycles. The van der Waals surface area contributed by atoms with Crippen LogP contribution in [0.2, 0.25) is 5.02 Å². The van der Waals surface area contributed by atoms with Crippen LogP contribution >= 0.6 is 11.6 Å². The Balaban J connectivity index is 2.10. The summed E-state index contributed by atoms with van der Waals surface area (Å²) in [4.78, 5) is 6.26. The Morgan fingerprint density at radius 2 is 1.86 bits per heavy atom. The topological polar surface area (TPSA) is 41.6 Å². The predicted octanol–water partition coefficient (Wildman–Crippen LogP) is 3.53. The van der Waals surface area contributed by atoms with Crippen molar-refractivity contribution in [2.45, 2.75) is 12.5 Å². The molecule has 0 saturated heterocycles. The maximum atomic E-state index is 13.2. The van der Waals surface area contributed by atoms with E-state index in [9.17, 15) is 4.39 Å². The fourth-order valence-electron chi connectivity index (χ4n) is 2.68. The van der Waals surface area contributed by atoms with Gasteiger partial charge < -0.3 is 5.73 Å². The molecule has 3 rings (SSSR count). The van der Waals surface area contributed by atoms with E-state index >= 15 is 0 Å². The molecule has 2 N–H and O–H groups in total. The molecule has 1 heterocycles. The van der Waals surface area contributed by atoms with Gasteiger partial charge in [-0.25, -0.2) is 4.39 Å². The van der Waals surface area contributed by atoms with E-state index in [1.54, 1.807) is 12.1 Å². The first-order valence-corrected chi connectivity index (χ1v) is 7.01. The number of hydrogen-bond donors (Lipinski definition) is 1. The van der Waals surface area contributed by atoms with Crippen LogP contribution in [0.4, 0.5) is 10.1 Å². The lowest BCUT2D eigenvalue weighted by atomic mass is 9.90. The molecule has 0 saturated carbocycles. The van der Waals surface area contributed by atoms with Crippen LogP contribution in [-0.2, 0) is 5.54 Å². The van der Waals surface area contributed by atoms with Gasteiger partial charge in [0.2, 0.25) is 0 Å². The van der Waals surface area contributed by atoms with Crippen molar-refractivity contribution in [2.75, 3.05) is 11.4 Å². The molecular formula is C16H15ClFN3. The third-order valence-corrected chi connectivity index (χ3v) is 4.15. The highest BCUT2D eigenvalue weighted by molar-refractivity contribution is 6.34. The SMILES string of the molecule is CC1(c2ccc(F)cc2)CN=C(N)N1c1ccccc1Cl. The summed E-state index contributed by atoms with van der Waals surface area (Å²) in [7, 11) is 0. The summed E-state index contributed by atoms with van der Waals surface area (Å²) in [6.07, 6.45) is 0. The normalized spacial score (nSPS) is 21.5. The van der Waals surface area contributed by atoms with Crippen molar-refractivity contribution < 1.29 is 4.39 Å². The van der Waals surface area contributed by atoms with Crippen molar-refractivity contribution in [3.8, 4) is 0 Å². The van der Waals surface area contributed by atoms with Crippen molar-refractivity contribution in [3.63, 3.8) is 0 Å². The predicted molar refractivity (Wildman–Crippen MR) is 84.2 cm³/mol. The van der Waals surface area contributed by atoms with Crippen molar-refractivity contribution in [1.82, 2.24) is 0 Å². The Morgan fingerprint density at radius 3 is 2.52 bits per heavy atom. The average Bonchev–Trinajstić information content (AvgIpc) is 2.77. The first-order valence-electron chi connectivity index (χ1n) is 6.63. The van der Waals surface area contributed by atoms with Gasteiger partial charge >= 0.3 is 0 Å². The Morgan fingerprint density at radius 1 is 1.19 bits per heavy atom. The Labute approximate surface area is 127 Å². The lowest BCUT2D eigenvalue weighted by molar-refractivity contribution is 0.530. The molecule has 2 aromatic rings. The summed E-state index contributed by atoms with van der Waals surface area (Å²) in [5, 5.41) is 0.603. The Bertz CT molecular complexity index is 699. The average molecular weight is 304 g/mol. The van der Waals surface area contributed by atoms with E-state index in [4.69, 9.17) is 17.3 Å². The number of rotatable bonds is 2. The summed E-state index contributed by atoms with van der Waals surface area (Å²) in [6.45, 7) is 2.52. The maximum absolute atomic E-state index is 13.2. The van der Waals surface area contributed by atoms with Gasteiger partial charge in [-0.15, -0.1) is 0 Å². The minimum atomic E-state index is -0.483. The van der Waals surface area contributed by atoms with E-state index in [0.717, 1.165) is 11.3 Å². The van der Waals surface area contributed by atoms with Crippen LogP contribution in [-0.4, -0.2) is 12.5 Å². The third kappa shape index (κ3) is 2.25. The molecule has 1 aliphatic rings. The number of nitrogens with zero attached hydrogens (tertiary/aromatic N) is 2. The van der Waals surface area contributed by atoms with Crippen molar-refractivity contribution in [2.24, 2.45) is 10.7 Å².